The average Bonchev–Trinajstić information content (AvgIpc) is 2.38. The fourth-order valence-corrected chi connectivity index (χ4v) is 1.85. The molecule has 1 rings (SSSR count). The molecule has 98 valence electrons. The fraction of sp³-hybridized carbons (Fsp3) is 0.769. The van der Waals surface area contributed by atoms with Crippen molar-refractivity contribution in [2.45, 2.75) is 58.5 Å². The molecule has 0 spiro atoms. The van der Waals surface area contributed by atoms with Gasteiger partial charge >= 0.3 is 6.09 Å². The zero-order valence-corrected chi connectivity index (χ0v) is 11.4. The van der Waals surface area contributed by atoms with Crippen LogP contribution in [-0.4, -0.2) is 35.0 Å². The first-order chi connectivity index (χ1) is 7.65. The Balaban J connectivity index is 2.70. The van der Waals surface area contributed by atoms with Crippen molar-refractivity contribution in [3.63, 3.8) is 0 Å². The first kappa shape index (κ1) is 14.0. The van der Waals surface area contributed by atoms with Crippen LogP contribution in [0, 0.1) is 0 Å². The molecule has 1 aliphatic rings. The van der Waals surface area contributed by atoms with Crippen LogP contribution in [0.3, 0.4) is 0 Å². The number of nitrogens with zero attached hydrogens (tertiary/aromatic N) is 1. The van der Waals surface area contributed by atoms with E-state index in [1.54, 1.807) is 11.0 Å². The first-order valence-corrected chi connectivity index (χ1v) is 5.95. The maximum absolute atomic E-state index is 12.0. The maximum Gasteiger partial charge on any atom is 0.412 e. The van der Waals surface area contributed by atoms with Gasteiger partial charge in [-0.2, -0.15) is 0 Å². The van der Waals surface area contributed by atoms with E-state index in [4.69, 9.17) is 9.47 Å². The molecule has 4 heteroatoms. The van der Waals surface area contributed by atoms with Gasteiger partial charge in [-0.3, -0.25) is 4.90 Å². The normalized spacial score (nSPS) is 23.6. The van der Waals surface area contributed by atoms with Crippen LogP contribution >= 0.6 is 0 Å². The molecule has 0 aromatic heterocycles. The number of amides is 1. The number of carbonyl (C=O) groups excluding carboxylic acids is 1. The third-order valence-electron chi connectivity index (χ3n) is 2.53. The Morgan fingerprint density at radius 2 is 2.18 bits per heavy atom. The van der Waals surface area contributed by atoms with Gasteiger partial charge in [0.15, 0.2) is 0 Å². The Morgan fingerprint density at radius 3 is 2.65 bits per heavy atom. The molecule has 0 saturated carbocycles. The Labute approximate surface area is 104 Å². The number of hydrogen-bond donors (Lipinski definition) is 0. The lowest BCUT2D eigenvalue weighted by molar-refractivity contribution is -0.0772. The molecule has 1 aliphatic heterocycles. The van der Waals surface area contributed by atoms with Gasteiger partial charge in [0.25, 0.3) is 0 Å². The summed E-state index contributed by atoms with van der Waals surface area (Å²) in [5.41, 5.74) is -1.10. The van der Waals surface area contributed by atoms with Gasteiger partial charge in [0, 0.05) is 0 Å². The Morgan fingerprint density at radius 1 is 1.59 bits per heavy atom. The summed E-state index contributed by atoms with van der Waals surface area (Å²) in [6.07, 6.45) is 2.23. The number of rotatable bonds is 2. The van der Waals surface area contributed by atoms with E-state index >= 15 is 0 Å². The van der Waals surface area contributed by atoms with E-state index in [2.05, 4.69) is 6.58 Å². The number of carbonyl (C=O) groups is 1. The van der Waals surface area contributed by atoms with Gasteiger partial charge in [0.1, 0.15) is 11.3 Å². The van der Waals surface area contributed by atoms with E-state index in [1.807, 2.05) is 34.6 Å². The fourth-order valence-electron chi connectivity index (χ4n) is 1.85. The summed E-state index contributed by atoms with van der Waals surface area (Å²) in [5, 5.41) is 0. The smallest absolute Gasteiger partial charge is 0.412 e. The second-order valence-electron chi connectivity index (χ2n) is 5.80. The molecule has 0 aromatic rings. The highest BCUT2D eigenvalue weighted by atomic mass is 16.6. The summed E-state index contributed by atoms with van der Waals surface area (Å²) in [7, 11) is 0. The predicted octanol–water partition coefficient (Wildman–Crippen LogP) is 2.93. The molecule has 0 bridgehead atoms. The van der Waals surface area contributed by atoms with Crippen molar-refractivity contribution in [1.82, 2.24) is 4.90 Å². The number of hydrogen-bond acceptors (Lipinski definition) is 3. The van der Waals surface area contributed by atoms with Gasteiger partial charge in [-0.05, 0) is 41.0 Å². The SMILES string of the molecule is C=CC[C@@H]1CN(C(=O)OC(C)(C)C)C(C)(C)O1. The standard InChI is InChI=1S/C13H23NO3/c1-7-8-10-9-14(13(5,6)16-10)11(15)17-12(2,3)4/h7,10H,1,8-9H2,2-6H3/t10-/m1/s1. The third-order valence-corrected chi connectivity index (χ3v) is 2.53. The van der Waals surface area contributed by atoms with Crippen LogP contribution in [0.25, 0.3) is 0 Å². The lowest BCUT2D eigenvalue weighted by Gasteiger charge is -2.31. The molecule has 1 amide bonds. The topological polar surface area (TPSA) is 38.8 Å². The summed E-state index contributed by atoms with van der Waals surface area (Å²) in [6.45, 7) is 13.6. The van der Waals surface area contributed by atoms with E-state index in [0.29, 0.717) is 6.54 Å². The van der Waals surface area contributed by atoms with Gasteiger partial charge in [0.2, 0.25) is 0 Å². The maximum atomic E-state index is 12.0. The molecule has 1 fully saturated rings. The Kier molecular flexibility index (Phi) is 3.87. The zero-order chi connectivity index (χ0) is 13.3. The van der Waals surface area contributed by atoms with E-state index in [0.717, 1.165) is 6.42 Å². The second kappa shape index (κ2) is 4.69. The van der Waals surface area contributed by atoms with Gasteiger partial charge in [-0.1, -0.05) is 6.08 Å². The average molecular weight is 241 g/mol. The van der Waals surface area contributed by atoms with Gasteiger partial charge in [0.05, 0.1) is 12.6 Å². The van der Waals surface area contributed by atoms with Crippen LogP contribution in [0.1, 0.15) is 41.0 Å². The van der Waals surface area contributed by atoms with Crippen molar-refractivity contribution in [1.29, 1.82) is 0 Å². The molecule has 0 radical (unpaired) electrons. The summed E-state index contributed by atoms with van der Waals surface area (Å²) < 4.78 is 11.2. The van der Waals surface area contributed by atoms with E-state index in [9.17, 15) is 4.79 Å². The quantitative estimate of drug-likeness (QED) is 0.698. The minimum absolute atomic E-state index is 0.00928. The molecule has 0 aliphatic carbocycles. The molecule has 0 aromatic carbocycles. The highest BCUT2D eigenvalue weighted by Crippen LogP contribution is 2.29. The predicted molar refractivity (Wildman–Crippen MR) is 66.7 cm³/mol. The first-order valence-electron chi connectivity index (χ1n) is 5.95. The summed E-state index contributed by atoms with van der Waals surface area (Å²) in [6, 6.07) is 0. The van der Waals surface area contributed by atoms with Gasteiger partial charge in [-0.25, -0.2) is 4.79 Å². The van der Waals surface area contributed by atoms with Crippen LogP contribution in [-0.2, 0) is 9.47 Å². The molecule has 0 N–H and O–H groups in total. The van der Waals surface area contributed by atoms with Crippen LogP contribution in [0.4, 0.5) is 4.79 Å². The molecule has 17 heavy (non-hydrogen) atoms. The van der Waals surface area contributed by atoms with Crippen molar-refractivity contribution in [3.8, 4) is 0 Å². The molecule has 4 nitrogen and oxygen atoms in total. The molecule has 1 saturated heterocycles. The summed E-state index contributed by atoms with van der Waals surface area (Å²) in [4.78, 5) is 13.7. The van der Waals surface area contributed by atoms with Crippen molar-refractivity contribution in [3.05, 3.63) is 12.7 Å². The Hall–Kier alpha value is -1.03. The second-order valence-corrected chi connectivity index (χ2v) is 5.80. The molecular weight excluding hydrogens is 218 g/mol. The lowest BCUT2D eigenvalue weighted by Crippen LogP contribution is -2.46. The Bertz CT molecular complexity index is 304. The minimum atomic E-state index is -0.615. The summed E-state index contributed by atoms with van der Waals surface area (Å²) in [5.74, 6) is 0. The highest BCUT2D eigenvalue weighted by Gasteiger charge is 2.43. The van der Waals surface area contributed by atoms with Crippen molar-refractivity contribution >= 4 is 6.09 Å². The minimum Gasteiger partial charge on any atom is -0.444 e. The van der Waals surface area contributed by atoms with Crippen molar-refractivity contribution in [2.24, 2.45) is 0 Å². The van der Waals surface area contributed by atoms with E-state index in [-0.39, 0.29) is 12.2 Å². The van der Waals surface area contributed by atoms with Crippen molar-refractivity contribution < 1.29 is 14.3 Å². The largest absolute Gasteiger partial charge is 0.444 e. The highest BCUT2D eigenvalue weighted by molar-refractivity contribution is 5.69. The van der Waals surface area contributed by atoms with Crippen LogP contribution < -0.4 is 0 Å². The summed E-state index contributed by atoms with van der Waals surface area (Å²) >= 11 is 0. The van der Waals surface area contributed by atoms with Crippen LogP contribution in [0.15, 0.2) is 12.7 Å². The van der Waals surface area contributed by atoms with E-state index in [1.165, 1.54) is 0 Å². The van der Waals surface area contributed by atoms with E-state index < -0.39 is 11.3 Å². The zero-order valence-electron chi connectivity index (χ0n) is 11.4. The number of ether oxygens (including phenoxy) is 2. The van der Waals surface area contributed by atoms with Crippen molar-refractivity contribution in [2.75, 3.05) is 6.54 Å². The monoisotopic (exact) mass is 241 g/mol. The molecule has 0 unspecified atom stereocenters. The van der Waals surface area contributed by atoms with Crippen LogP contribution in [0.2, 0.25) is 0 Å². The molecule has 1 atom stereocenters. The van der Waals surface area contributed by atoms with Crippen LogP contribution in [0.5, 0.6) is 0 Å². The molecular formula is C13H23NO3. The van der Waals surface area contributed by atoms with Gasteiger partial charge < -0.3 is 9.47 Å². The third kappa shape index (κ3) is 3.73. The molecule has 1 heterocycles. The van der Waals surface area contributed by atoms with Gasteiger partial charge in [-0.15, -0.1) is 6.58 Å². The lowest BCUT2D eigenvalue weighted by atomic mass is 10.2.